The summed E-state index contributed by atoms with van der Waals surface area (Å²) in [5.41, 5.74) is 4.99. The third kappa shape index (κ3) is 3.47. The molecule has 3 nitrogen and oxygen atoms in total. The van der Waals surface area contributed by atoms with Gasteiger partial charge in [0.25, 0.3) is 5.91 Å². The van der Waals surface area contributed by atoms with E-state index in [1.54, 1.807) is 0 Å². The summed E-state index contributed by atoms with van der Waals surface area (Å²) >= 11 is 6.99. The largest absolute Gasteiger partial charge is 0.507 e. The Morgan fingerprint density at radius 1 is 1.00 bits per heavy atom. The second kappa shape index (κ2) is 7.20. The second-order valence-electron chi connectivity index (χ2n) is 7.18. The van der Waals surface area contributed by atoms with E-state index in [1.807, 2.05) is 30.3 Å². The summed E-state index contributed by atoms with van der Waals surface area (Å²) < 4.78 is 1.75. The Hall–Kier alpha value is -1.59. The molecule has 1 aliphatic heterocycles. The van der Waals surface area contributed by atoms with Gasteiger partial charge in [-0.15, -0.1) is 0 Å². The standard InChI is InChI=1S/C21H21Br2NO2/c1-10(2)14-5-12(6-15(11(3)4)20(14)25)7-17-16-8-13(22)9-18(23)19(16)24-21(17)26/h5-11,25H,1-4H3,(H,24,26). The van der Waals surface area contributed by atoms with E-state index >= 15 is 0 Å². The van der Waals surface area contributed by atoms with Crippen molar-refractivity contribution in [1.29, 1.82) is 0 Å². The maximum atomic E-state index is 12.5. The summed E-state index contributed by atoms with van der Waals surface area (Å²) in [6, 6.07) is 7.79. The highest BCUT2D eigenvalue weighted by atomic mass is 79.9. The molecule has 2 aromatic carbocycles. The molecular weight excluding hydrogens is 458 g/mol. The number of benzene rings is 2. The smallest absolute Gasteiger partial charge is 0.256 e. The molecule has 0 fully saturated rings. The van der Waals surface area contributed by atoms with Gasteiger partial charge in [0.05, 0.1) is 5.69 Å². The Bertz CT molecular complexity index is 901. The molecule has 0 saturated carbocycles. The molecule has 0 aromatic heterocycles. The summed E-state index contributed by atoms with van der Waals surface area (Å²) in [6.07, 6.45) is 1.90. The Balaban J connectivity index is 2.19. The van der Waals surface area contributed by atoms with Crippen LogP contribution in [0, 0.1) is 0 Å². The number of carbonyl (C=O) groups excluding carboxylic acids is 1. The number of hydrogen-bond donors (Lipinski definition) is 2. The predicted molar refractivity (Wildman–Crippen MR) is 115 cm³/mol. The van der Waals surface area contributed by atoms with Crippen LogP contribution in [-0.2, 0) is 4.79 Å². The van der Waals surface area contributed by atoms with Crippen LogP contribution in [0.25, 0.3) is 11.6 Å². The highest BCUT2D eigenvalue weighted by molar-refractivity contribution is 9.11. The lowest BCUT2D eigenvalue weighted by Gasteiger charge is -2.16. The number of amides is 1. The zero-order valence-electron chi connectivity index (χ0n) is 15.2. The molecule has 3 rings (SSSR count). The molecule has 1 aliphatic rings. The van der Waals surface area contributed by atoms with E-state index < -0.39 is 0 Å². The van der Waals surface area contributed by atoms with Crippen LogP contribution in [0.1, 0.15) is 61.8 Å². The van der Waals surface area contributed by atoms with Gasteiger partial charge in [-0.25, -0.2) is 0 Å². The van der Waals surface area contributed by atoms with Crippen molar-refractivity contribution in [2.45, 2.75) is 39.5 Å². The van der Waals surface area contributed by atoms with Crippen molar-refractivity contribution in [3.63, 3.8) is 0 Å². The van der Waals surface area contributed by atoms with E-state index in [9.17, 15) is 9.90 Å². The molecule has 0 spiro atoms. The van der Waals surface area contributed by atoms with Crippen molar-refractivity contribution in [2.24, 2.45) is 0 Å². The van der Waals surface area contributed by atoms with Gasteiger partial charge in [0.2, 0.25) is 0 Å². The monoisotopic (exact) mass is 477 g/mol. The first kappa shape index (κ1) is 19.2. The van der Waals surface area contributed by atoms with Gasteiger partial charge in [-0.1, -0.05) is 43.6 Å². The van der Waals surface area contributed by atoms with Gasteiger partial charge in [0.1, 0.15) is 5.75 Å². The van der Waals surface area contributed by atoms with Crippen molar-refractivity contribution in [1.82, 2.24) is 0 Å². The Labute approximate surface area is 170 Å². The van der Waals surface area contributed by atoms with E-state index in [0.29, 0.717) is 11.3 Å². The molecule has 5 heteroatoms. The van der Waals surface area contributed by atoms with Crippen LogP contribution in [0.15, 0.2) is 33.2 Å². The van der Waals surface area contributed by atoms with Crippen molar-refractivity contribution >= 4 is 55.1 Å². The van der Waals surface area contributed by atoms with E-state index in [2.05, 4.69) is 64.9 Å². The van der Waals surface area contributed by atoms with Crippen molar-refractivity contribution in [3.8, 4) is 5.75 Å². The molecule has 136 valence electrons. The van der Waals surface area contributed by atoms with Gasteiger partial charge in [0.15, 0.2) is 0 Å². The third-order valence-electron chi connectivity index (χ3n) is 4.57. The summed E-state index contributed by atoms with van der Waals surface area (Å²) in [5.74, 6) is 0.626. The van der Waals surface area contributed by atoms with E-state index in [4.69, 9.17) is 0 Å². The molecule has 2 N–H and O–H groups in total. The molecule has 0 aliphatic carbocycles. The number of halogens is 2. The zero-order valence-corrected chi connectivity index (χ0v) is 18.3. The molecule has 2 aromatic rings. The van der Waals surface area contributed by atoms with Gasteiger partial charge in [-0.3, -0.25) is 4.79 Å². The molecular formula is C21H21Br2NO2. The lowest BCUT2D eigenvalue weighted by atomic mass is 9.90. The Morgan fingerprint density at radius 2 is 1.58 bits per heavy atom. The van der Waals surface area contributed by atoms with Crippen LogP contribution in [-0.4, -0.2) is 11.0 Å². The number of phenols is 1. The lowest BCUT2D eigenvalue weighted by Crippen LogP contribution is -2.04. The van der Waals surface area contributed by atoms with Crippen LogP contribution in [0.2, 0.25) is 0 Å². The quantitative estimate of drug-likeness (QED) is 0.484. The van der Waals surface area contributed by atoms with Crippen molar-refractivity contribution < 1.29 is 9.90 Å². The van der Waals surface area contributed by atoms with Crippen molar-refractivity contribution in [2.75, 3.05) is 5.32 Å². The fourth-order valence-corrected chi connectivity index (χ4v) is 4.52. The normalized spacial score (nSPS) is 15.1. The SMILES string of the molecule is CC(C)c1cc(C=C2C(=O)Nc3c(Br)cc(Br)cc32)cc(C(C)C)c1O. The number of carbonyl (C=O) groups is 1. The highest BCUT2D eigenvalue weighted by Gasteiger charge is 2.27. The van der Waals surface area contributed by atoms with Crippen LogP contribution in [0.5, 0.6) is 5.75 Å². The van der Waals surface area contributed by atoms with Gasteiger partial charge >= 0.3 is 0 Å². The maximum absolute atomic E-state index is 12.5. The van der Waals surface area contributed by atoms with Crippen LogP contribution >= 0.6 is 31.9 Å². The van der Waals surface area contributed by atoms with Crippen LogP contribution in [0.3, 0.4) is 0 Å². The summed E-state index contributed by atoms with van der Waals surface area (Å²) in [4.78, 5) is 12.5. The maximum Gasteiger partial charge on any atom is 0.256 e. The van der Waals surface area contributed by atoms with Crippen molar-refractivity contribution in [3.05, 3.63) is 55.5 Å². The minimum atomic E-state index is -0.121. The fourth-order valence-electron chi connectivity index (χ4n) is 3.19. The Kier molecular flexibility index (Phi) is 5.31. The number of fused-ring (bicyclic) bond motifs is 1. The van der Waals surface area contributed by atoms with Gasteiger partial charge in [-0.2, -0.15) is 0 Å². The average Bonchev–Trinajstić information content (AvgIpc) is 2.85. The second-order valence-corrected chi connectivity index (χ2v) is 8.95. The Morgan fingerprint density at radius 3 is 2.12 bits per heavy atom. The number of phenolic OH excluding ortho intramolecular Hbond substituents is 1. The third-order valence-corrected chi connectivity index (χ3v) is 5.66. The number of aromatic hydroxyl groups is 1. The van der Waals surface area contributed by atoms with E-state index in [0.717, 1.165) is 36.9 Å². The molecule has 0 unspecified atom stereocenters. The first-order chi connectivity index (χ1) is 12.2. The molecule has 1 heterocycles. The van der Waals surface area contributed by atoms with Gasteiger partial charge < -0.3 is 10.4 Å². The number of hydrogen-bond acceptors (Lipinski definition) is 2. The van der Waals surface area contributed by atoms with Crippen LogP contribution in [0.4, 0.5) is 5.69 Å². The predicted octanol–water partition coefficient (Wildman–Crippen LogP) is 6.66. The van der Waals surface area contributed by atoms with Gasteiger partial charge in [-0.05, 0) is 74.8 Å². The summed E-state index contributed by atoms with van der Waals surface area (Å²) in [5, 5.41) is 13.5. The molecule has 0 atom stereocenters. The topological polar surface area (TPSA) is 49.3 Å². The lowest BCUT2D eigenvalue weighted by molar-refractivity contribution is -0.110. The zero-order chi connectivity index (χ0) is 19.2. The number of anilines is 1. The number of rotatable bonds is 3. The van der Waals surface area contributed by atoms with E-state index in [1.165, 1.54) is 0 Å². The van der Waals surface area contributed by atoms with Gasteiger partial charge in [0, 0.05) is 20.1 Å². The average molecular weight is 479 g/mol. The number of nitrogens with one attached hydrogen (secondary N) is 1. The molecule has 0 radical (unpaired) electrons. The first-order valence-electron chi connectivity index (χ1n) is 8.58. The highest BCUT2D eigenvalue weighted by Crippen LogP contribution is 2.41. The summed E-state index contributed by atoms with van der Waals surface area (Å²) in [6.45, 7) is 8.23. The molecule has 26 heavy (non-hydrogen) atoms. The van der Waals surface area contributed by atoms with E-state index in [-0.39, 0.29) is 17.7 Å². The summed E-state index contributed by atoms with van der Waals surface area (Å²) in [7, 11) is 0. The molecule has 1 amide bonds. The first-order valence-corrected chi connectivity index (χ1v) is 10.2. The minimum Gasteiger partial charge on any atom is -0.507 e. The molecule has 0 saturated heterocycles. The minimum absolute atomic E-state index is 0.121. The molecule has 0 bridgehead atoms. The van der Waals surface area contributed by atoms with Crippen LogP contribution < -0.4 is 5.32 Å². The fraction of sp³-hybridized carbons (Fsp3) is 0.286.